The van der Waals surface area contributed by atoms with Crippen molar-refractivity contribution in [3.8, 4) is 10.4 Å². The Labute approximate surface area is 92.4 Å². The topological polar surface area (TPSA) is 37.8 Å². The van der Waals surface area contributed by atoms with Gasteiger partial charge < -0.3 is 0 Å². The van der Waals surface area contributed by atoms with E-state index < -0.39 is 0 Å². The highest BCUT2D eigenvalue weighted by atomic mass is 32.1. The number of aryl methyl sites for hydroxylation is 2. The van der Waals surface area contributed by atoms with Gasteiger partial charge in [-0.1, -0.05) is 6.92 Å². The van der Waals surface area contributed by atoms with Gasteiger partial charge in [-0.15, -0.1) is 11.3 Å². The molecule has 0 spiro atoms. The van der Waals surface area contributed by atoms with Crippen molar-refractivity contribution in [3.63, 3.8) is 0 Å². The Kier molecular flexibility index (Phi) is 2.52. The number of aromatic amines is 1. The molecule has 4 heteroatoms. The molecule has 0 unspecified atom stereocenters. The van der Waals surface area contributed by atoms with E-state index in [1.165, 1.54) is 5.56 Å². The van der Waals surface area contributed by atoms with Crippen LogP contribution in [0.2, 0.25) is 0 Å². The molecule has 0 bridgehead atoms. The normalized spacial score (nSPS) is 10.9. The quantitative estimate of drug-likeness (QED) is 0.832. The summed E-state index contributed by atoms with van der Waals surface area (Å²) in [7, 11) is 1.88. The second-order valence-electron chi connectivity index (χ2n) is 3.66. The van der Waals surface area contributed by atoms with Gasteiger partial charge in [-0.3, -0.25) is 14.6 Å². The maximum Gasteiger partial charge on any atom is 0.273 e. The summed E-state index contributed by atoms with van der Waals surface area (Å²) >= 11 is 1.63. The zero-order chi connectivity index (χ0) is 11.0. The van der Waals surface area contributed by atoms with E-state index >= 15 is 0 Å². The van der Waals surface area contributed by atoms with Gasteiger partial charge in [-0.25, -0.2) is 0 Å². The van der Waals surface area contributed by atoms with E-state index in [0.717, 1.165) is 22.6 Å². The second-order valence-corrected chi connectivity index (χ2v) is 4.57. The fraction of sp³-hybridized carbons (Fsp3) is 0.364. The molecule has 0 aliphatic carbocycles. The third kappa shape index (κ3) is 1.65. The summed E-state index contributed by atoms with van der Waals surface area (Å²) in [6.07, 6.45) is 0.863. The van der Waals surface area contributed by atoms with Crippen LogP contribution < -0.4 is 5.56 Å². The molecule has 0 fully saturated rings. The Bertz CT molecular complexity index is 533. The van der Waals surface area contributed by atoms with Crippen molar-refractivity contribution in [3.05, 3.63) is 33.1 Å². The molecule has 15 heavy (non-hydrogen) atoms. The lowest BCUT2D eigenvalue weighted by atomic mass is 10.1. The Morgan fingerprint density at radius 3 is 2.80 bits per heavy atom. The van der Waals surface area contributed by atoms with Gasteiger partial charge in [-0.2, -0.15) is 0 Å². The molecule has 0 aliphatic heterocycles. The third-order valence-corrected chi connectivity index (χ3v) is 3.57. The molecule has 2 heterocycles. The van der Waals surface area contributed by atoms with E-state index in [0.29, 0.717) is 0 Å². The maximum absolute atomic E-state index is 11.8. The van der Waals surface area contributed by atoms with E-state index in [1.807, 2.05) is 18.7 Å². The second kappa shape index (κ2) is 3.70. The molecular weight excluding hydrogens is 208 g/mol. The summed E-state index contributed by atoms with van der Waals surface area (Å²) in [6.45, 7) is 4.11. The third-order valence-electron chi connectivity index (χ3n) is 2.50. The minimum Gasteiger partial charge on any atom is -0.292 e. The largest absolute Gasteiger partial charge is 0.292 e. The van der Waals surface area contributed by atoms with Crippen LogP contribution in [0.15, 0.2) is 16.2 Å². The summed E-state index contributed by atoms with van der Waals surface area (Å²) in [5.74, 6) is 0. The van der Waals surface area contributed by atoms with Gasteiger partial charge in [0.15, 0.2) is 0 Å². The zero-order valence-corrected chi connectivity index (χ0v) is 9.94. The van der Waals surface area contributed by atoms with Crippen LogP contribution in [0.3, 0.4) is 0 Å². The number of nitrogens with zero attached hydrogens (tertiary/aromatic N) is 1. The van der Waals surface area contributed by atoms with E-state index in [-0.39, 0.29) is 5.56 Å². The van der Waals surface area contributed by atoms with Gasteiger partial charge in [0.25, 0.3) is 5.56 Å². The van der Waals surface area contributed by atoms with Crippen LogP contribution in [0.4, 0.5) is 0 Å². The van der Waals surface area contributed by atoms with Crippen molar-refractivity contribution < 1.29 is 0 Å². The average Bonchev–Trinajstić information content (AvgIpc) is 2.70. The molecule has 0 aliphatic rings. The van der Waals surface area contributed by atoms with Gasteiger partial charge in [0, 0.05) is 17.6 Å². The SMILES string of the molecule is CCc1c(-c2cc(C)cs2)c(=O)[nH]n1C. The van der Waals surface area contributed by atoms with Gasteiger partial charge in [0.1, 0.15) is 0 Å². The zero-order valence-electron chi connectivity index (χ0n) is 9.13. The van der Waals surface area contributed by atoms with E-state index in [2.05, 4.69) is 23.5 Å². The number of aromatic nitrogens is 2. The summed E-state index contributed by atoms with van der Waals surface area (Å²) < 4.78 is 1.81. The molecule has 0 atom stereocenters. The van der Waals surface area contributed by atoms with Gasteiger partial charge in [0.05, 0.1) is 5.56 Å². The molecular formula is C11H14N2OS. The number of hydrogen-bond acceptors (Lipinski definition) is 2. The van der Waals surface area contributed by atoms with Crippen molar-refractivity contribution in [2.24, 2.45) is 7.05 Å². The van der Waals surface area contributed by atoms with E-state index in [4.69, 9.17) is 0 Å². The van der Waals surface area contributed by atoms with Crippen molar-refractivity contribution in [2.75, 3.05) is 0 Å². The fourth-order valence-corrected chi connectivity index (χ4v) is 2.77. The molecule has 0 amide bonds. The van der Waals surface area contributed by atoms with Crippen molar-refractivity contribution in [1.82, 2.24) is 9.78 Å². The first-order valence-corrected chi connectivity index (χ1v) is 5.84. The van der Waals surface area contributed by atoms with Gasteiger partial charge in [0.2, 0.25) is 0 Å². The molecule has 1 N–H and O–H groups in total. The number of nitrogens with one attached hydrogen (secondary N) is 1. The maximum atomic E-state index is 11.8. The first-order valence-electron chi connectivity index (χ1n) is 4.97. The molecule has 2 aromatic heterocycles. The standard InChI is InChI=1S/C11H14N2OS/c1-4-8-10(11(14)12-13(8)3)9-5-7(2)6-15-9/h5-6H,4H2,1-3H3,(H,12,14). The van der Waals surface area contributed by atoms with Crippen LogP contribution >= 0.6 is 11.3 Å². The fourth-order valence-electron chi connectivity index (χ4n) is 1.80. The van der Waals surface area contributed by atoms with Crippen LogP contribution in [-0.4, -0.2) is 9.78 Å². The Balaban J connectivity index is 2.66. The summed E-state index contributed by atoms with van der Waals surface area (Å²) in [5, 5.41) is 4.87. The summed E-state index contributed by atoms with van der Waals surface area (Å²) in [6, 6.07) is 2.06. The molecule has 0 radical (unpaired) electrons. The van der Waals surface area contributed by atoms with E-state index in [1.54, 1.807) is 11.3 Å². The van der Waals surface area contributed by atoms with E-state index in [9.17, 15) is 4.79 Å². The minimum atomic E-state index is 0.0104. The molecule has 0 saturated heterocycles. The number of hydrogen-bond donors (Lipinski definition) is 1. The van der Waals surface area contributed by atoms with Crippen molar-refractivity contribution >= 4 is 11.3 Å². The van der Waals surface area contributed by atoms with Crippen LogP contribution in [0.25, 0.3) is 10.4 Å². The number of H-pyrrole nitrogens is 1. The highest BCUT2D eigenvalue weighted by Crippen LogP contribution is 2.27. The van der Waals surface area contributed by atoms with Crippen LogP contribution in [-0.2, 0) is 13.5 Å². The molecule has 2 aromatic rings. The molecule has 3 nitrogen and oxygen atoms in total. The highest BCUT2D eigenvalue weighted by molar-refractivity contribution is 7.13. The smallest absolute Gasteiger partial charge is 0.273 e. The highest BCUT2D eigenvalue weighted by Gasteiger charge is 2.14. The monoisotopic (exact) mass is 222 g/mol. The lowest BCUT2D eigenvalue weighted by molar-refractivity contribution is 0.711. The Morgan fingerprint density at radius 1 is 1.53 bits per heavy atom. The van der Waals surface area contributed by atoms with Crippen molar-refractivity contribution in [1.29, 1.82) is 0 Å². The first kappa shape index (κ1) is 10.2. The van der Waals surface area contributed by atoms with Gasteiger partial charge >= 0.3 is 0 Å². The molecule has 2 rings (SSSR count). The number of thiophene rings is 1. The Hall–Kier alpha value is -1.29. The van der Waals surface area contributed by atoms with Crippen LogP contribution in [0.1, 0.15) is 18.2 Å². The lowest BCUT2D eigenvalue weighted by Gasteiger charge is -2.00. The predicted molar refractivity (Wildman–Crippen MR) is 63.5 cm³/mol. The van der Waals surface area contributed by atoms with Gasteiger partial charge in [-0.05, 0) is 30.4 Å². The number of rotatable bonds is 2. The van der Waals surface area contributed by atoms with Crippen molar-refractivity contribution in [2.45, 2.75) is 20.3 Å². The molecule has 0 aromatic carbocycles. The predicted octanol–water partition coefficient (Wildman–Crippen LogP) is 2.31. The summed E-state index contributed by atoms with van der Waals surface area (Å²) in [5.41, 5.74) is 3.12. The first-order chi connectivity index (χ1) is 7.13. The lowest BCUT2D eigenvalue weighted by Crippen LogP contribution is -2.03. The minimum absolute atomic E-state index is 0.0104. The van der Waals surface area contributed by atoms with Crippen LogP contribution in [0, 0.1) is 6.92 Å². The van der Waals surface area contributed by atoms with Crippen LogP contribution in [0.5, 0.6) is 0 Å². The Morgan fingerprint density at radius 2 is 2.27 bits per heavy atom. The summed E-state index contributed by atoms with van der Waals surface area (Å²) in [4.78, 5) is 12.8. The average molecular weight is 222 g/mol. The molecule has 80 valence electrons. The molecule has 0 saturated carbocycles.